The van der Waals surface area contributed by atoms with Crippen molar-refractivity contribution in [1.82, 2.24) is 9.47 Å². The lowest BCUT2D eigenvalue weighted by atomic mass is 10.1. The second kappa shape index (κ2) is 9.34. The number of nitrogens with zero attached hydrogens (tertiary/aromatic N) is 2. The molecule has 1 fully saturated rings. The van der Waals surface area contributed by atoms with Gasteiger partial charge in [-0.1, -0.05) is 71.7 Å². The van der Waals surface area contributed by atoms with Gasteiger partial charge in [0.1, 0.15) is 0 Å². The van der Waals surface area contributed by atoms with Gasteiger partial charge in [0.05, 0.1) is 11.4 Å². The van der Waals surface area contributed by atoms with Gasteiger partial charge in [-0.2, -0.15) is 0 Å². The van der Waals surface area contributed by atoms with Crippen molar-refractivity contribution in [2.45, 2.75) is 20.0 Å². The molecule has 7 heteroatoms. The Balaban J connectivity index is 1.51. The predicted octanol–water partition coefficient (Wildman–Crippen LogP) is 7.54. The van der Waals surface area contributed by atoms with Gasteiger partial charge in [-0.15, -0.1) is 0 Å². The summed E-state index contributed by atoms with van der Waals surface area (Å²) in [5.41, 5.74) is 4.85. The van der Waals surface area contributed by atoms with E-state index < -0.39 is 0 Å². The lowest BCUT2D eigenvalue weighted by Crippen LogP contribution is -2.27. The zero-order valence-corrected chi connectivity index (χ0v) is 20.6. The minimum Gasteiger partial charge on any atom is -0.340 e. The third-order valence-electron chi connectivity index (χ3n) is 5.97. The number of imide groups is 1. The van der Waals surface area contributed by atoms with Crippen LogP contribution in [0, 0.1) is 6.92 Å². The van der Waals surface area contributed by atoms with E-state index in [4.69, 9.17) is 23.2 Å². The van der Waals surface area contributed by atoms with Crippen molar-refractivity contribution in [3.63, 3.8) is 0 Å². The van der Waals surface area contributed by atoms with Crippen LogP contribution in [0.5, 0.6) is 0 Å². The molecule has 1 saturated heterocycles. The largest absolute Gasteiger partial charge is 0.340 e. The summed E-state index contributed by atoms with van der Waals surface area (Å²) < 4.78 is 2.19. The lowest BCUT2D eigenvalue weighted by Gasteiger charge is -2.12. The fourth-order valence-electron chi connectivity index (χ4n) is 4.18. The number of para-hydroxylation sites is 1. The van der Waals surface area contributed by atoms with Crippen LogP contribution in [0.15, 0.2) is 77.7 Å². The summed E-state index contributed by atoms with van der Waals surface area (Å²) in [6.07, 6.45) is 1.84. The average molecular weight is 507 g/mol. The monoisotopic (exact) mass is 506 g/mol. The summed E-state index contributed by atoms with van der Waals surface area (Å²) in [4.78, 5) is 27.5. The summed E-state index contributed by atoms with van der Waals surface area (Å²) >= 11 is 13.4. The van der Waals surface area contributed by atoms with Crippen molar-refractivity contribution in [2.24, 2.45) is 0 Å². The van der Waals surface area contributed by atoms with Crippen LogP contribution in [-0.4, -0.2) is 20.6 Å². The van der Waals surface area contributed by atoms with Gasteiger partial charge in [0, 0.05) is 38.8 Å². The first kappa shape index (κ1) is 22.8. The molecule has 0 unspecified atom stereocenters. The molecule has 0 aliphatic carbocycles. The van der Waals surface area contributed by atoms with Crippen LogP contribution in [0.2, 0.25) is 10.0 Å². The molecular weight excluding hydrogens is 487 g/mol. The quantitative estimate of drug-likeness (QED) is 0.262. The first-order chi connectivity index (χ1) is 16.4. The molecule has 0 bridgehead atoms. The Hall–Kier alpha value is -2.99. The van der Waals surface area contributed by atoms with Gasteiger partial charge in [-0.05, 0) is 60.2 Å². The van der Waals surface area contributed by atoms with E-state index >= 15 is 0 Å². The molecule has 2 amide bonds. The minimum atomic E-state index is -0.285. The first-order valence-corrected chi connectivity index (χ1v) is 12.3. The van der Waals surface area contributed by atoms with Crippen molar-refractivity contribution >= 4 is 63.1 Å². The summed E-state index contributed by atoms with van der Waals surface area (Å²) in [5, 5.41) is 2.08. The molecule has 0 N–H and O–H groups in total. The molecule has 1 aliphatic heterocycles. The van der Waals surface area contributed by atoms with Gasteiger partial charge in [-0.3, -0.25) is 14.5 Å². The number of rotatable bonds is 5. The molecule has 34 heavy (non-hydrogen) atoms. The van der Waals surface area contributed by atoms with Crippen molar-refractivity contribution in [3.8, 4) is 0 Å². The van der Waals surface area contributed by atoms with Gasteiger partial charge in [-0.25, -0.2) is 0 Å². The van der Waals surface area contributed by atoms with E-state index in [2.05, 4.69) is 10.6 Å². The third-order valence-corrected chi connectivity index (χ3v) is 7.50. The Labute approximate surface area is 211 Å². The zero-order chi connectivity index (χ0) is 23.8. The molecule has 1 aliphatic rings. The number of fused-ring (bicyclic) bond motifs is 1. The Morgan fingerprint density at radius 2 is 1.59 bits per heavy atom. The van der Waals surface area contributed by atoms with Crippen molar-refractivity contribution in [3.05, 3.63) is 110 Å². The van der Waals surface area contributed by atoms with Crippen LogP contribution >= 0.6 is 35.0 Å². The Kier molecular flexibility index (Phi) is 6.26. The molecule has 0 atom stereocenters. The van der Waals surface area contributed by atoms with E-state index in [0.29, 0.717) is 21.5 Å². The molecule has 2 heterocycles. The van der Waals surface area contributed by atoms with E-state index in [-0.39, 0.29) is 17.7 Å². The van der Waals surface area contributed by atoms with E-state index in [1.54, 1.807) is 12.1 Å². The summed E-state index contributed by atoms with van der Waals surface area (Å²) in [6, 6.07) is 23.0. The van der Waals surface area contributed by atoms with Crippen molar-refractivity contribution < 1.29 is 9.59 Å². The summed E-state index contributed by atoms with van der Waals surface area (Å²) in [5.74, 6) is -0.285. The normalized spacial score (nSPS) is 15.1. The number of hydrogen-bond acceptors (Lipinski definition) is 3. The first-order valence-electron chi connectivity index (χ1n) is 10.7. The Morgan fingerprint density at radius 1 is 0.882 bits per heavy atom. The number of halogens is 2. The highest BCUT2D eigenvalue weighted by Gasteiger charge is 2.35. The van der Waals surface area contributed by atoms with Crippen molar-refractivity contribution in [1.29, 1.82) is 0 Å². The zero-order valence-electron chi connectivity index (χ0n) is 18.3. The minimum absolute atomic E-state index is 0.215. The summed E-state index contributed by atoms with van der Waals surface area (Å²) in [7, 11) is 0. The topological polar surface area (TPSA) is 42.3 Å². The molecule has 4 aromatic rings. The number of thioether (sulfide) groups is 1. The number of carbonyl (C=O) groups excluding carboxylic acids is 2. The number of carbonyl (C=O) groups is 2. The standard InChI is InChI=1S/C27H20Cl2N2O2S/c1-17-22(14-25-26(32)31(27(33)34-25)15-18-10-12-20(28)13-11-18)21-7-3-5-9-24(21)30(17)16-19-6-2-4-8-23(19)29/h2-14H,15-16H2,1H3/b25-14-. The van der Waals surface area contributed by atoms with Gasteiger partial charge in [0.25, 0.3) is 11.1 Å². The smallest absolute Gasteiger partial charge is 0.293 e. The Bertz CT molecular complexity index is 1460. The van der Waals surface area contributed by atoms with Crippen LogP contribution in [0.1, 0.15) is 22.4 Å². The van der Waals surface area contributed by atoms with E-state index in [9.17, 15) is 9.59 Å². The summed E-state index contributed by atoms with van der Waals surface area (Å²) in [6.45, 7) is 2.85. The van der Waals surface area contributed by atoms with Gasteiger partial charge >= 0.3 is 0 Å². The molecule has 1 aromatic heterocycles. The maximum absolute atomic E-state index is 13.1. The lowest BCUT2D eigenvalue weighted by molar-refractivity contribution is -0.123. The molecule has 170 valence electrons. The molecule has 4 nitrogen and oxygen atoms in total. The maximum Gasteiger partial charge on any atom is 0.293 e. The average Bonchev–Trinajstić information content (AvgIpc) is 3.25. The molecule has 5 rings (SSSR count). The number of aromatic nitrogens is 1. The second-order valence-corrected chi connectivity index (χ2v) is 9.92. The van der Waals surface area contributed by atoms with Crippen molar-refractivity contribution in [2.75, 3.05) is 0 Å². The van der Waals surface area contributed by atoms with E-state index in [1.807, 2.05) is 67.6 Å². The van der Waals surface area contributed by atoms with Gasteiger partial charge in [0.15, 0.2) is 0 Å². The SMILES string of the molecule is Cc1c(/C=C2\SC(=O)N(Cc3ccc(Cl)cc3)C2=O)c2ccccc2n1Cc1ccccc1Cl. The molecule has 0 saturated carbocycles. The van der Waals surface area contributed by atoms with E-state index in [0.717, 1.165) is 45.0 Å². The van der Waals surface area contributed by atoms with Crippen LogP contribution in [0.25, 0.3) is 17.0 Å². The van der Waals surface area contributed by atoms with Crippen LogP contribution in [0.3, 0.4) is 0 Å². The number of amides is 2. The molecule has 0 radical (unpaired) electrons. The number of hydrogen-bond donors (Lipinski definition) is 0. The van der Waals surface area contributed by atoms with E-state index in [1.165, 1.54) is 4.90 Å². The second-order valence-electron chi connectivity index (χ2n) is 8.09. The highest BCUT2D eigenvalue weighted by molar-refractivity contribution is 8.18. The van der Waals surface area contributed by atoms with Crippen LogP contribution < -0.4 is 0 Å². The molecule has 0 spiro atoms. The third kappa shape index (κ3) is 4.27. The van der Waals surface area contributed by atoms with Crippen LogP contribution in [-0.2, 0) is 17.9 Å². The fourth-order valence-corrected chi connectivity index (χ4v) is 5.32. The van der Waals surface area contributed by atoms with Gasteiger partial charge in [0.2, 0.25) is 0 Å². The maximum atomic E-state index is 13.1. The Morgan fingerprint density at radius 3 is 2.35 bits per heavy atom. The highest BCUT2D eigenvalue weighted by atomic mass is 35.5. The number of benzene rings is 3. The molecular formula is C27H20Cl2N2O2S. The predicted molar refractivity (Wildman–Crippen MR) is 140 cm³/mol. The highest BCUT2D eigenvalue weighted by Crippen LogP contribution is 2.36. The molecule has 3 aromatic carbocycles. The van der Waals surface area contributed by atoms with Gasteiger partial charge < -0.3 is 4.57 Å². The fraction of sp³-hybridized carbons (Fsp3) is 0.111. The van der Waals surface area contributed by atoms with Crippen LogP contribution in [0.4, 0.5) is 4.79 Å².